The minimum Gasteiger partial charge on any atom is -0.473 e. The lowest BCUT2D eigenvalue weighted by atomic mass is 10.1. The zero-order valence-electron chi connectivity index (χ0n) is 11.4. The Morgan fingerprint density at radius 1 is 1.05 bits per heavy atom. The van der Waals surface area contributed by atoms with Gasteiger partial charge in [-0.25, -0.2) is 4.98 Å². The van der Waals surface area contributed by atoms with Crippen molar-refractivity contribution in [2.75, 3.05) is 0 Å². The molecular formula is C17H15BrN2O. The molecule has 0 aliphatic rings. The summed E-state index contributed by atoms with van der Waals surface area (Å²) < 4.78 is 6.86. The number of pyridine rings is 1. The molecule has 0 saturated heterocycles. The number of nitrogens with two attached hydrogens (primary N) is 1. The number of rotatable bonds is 4. The number of fused-ring (bicyclic) bond motifs is 1. The van der Waals surface area contributed by atoms with Crippen molar-refractivity contribution in [2.45, 2.75) is 13.2 Å². The summed E-state index contributed by atoms with van der Waals surface area (Å²) in [5.41, 5.74) is 8.88. The molecule has 0 bridgehead atoms. The van der Waals surface area contributed by atoms with Crippen molar-refractivity contribution < 1.29 is 4.74 Å². The fraction of sp³-hybridized carbons (Fsp3) is 0.118. The molecular weight excluding hydrogens is 328 g/mol. The van der Waals surface area contributed by atoms with Crippen molar-refractivity contribution in [2.24, 2.45) is 5.73 Å². The topological polar surface area (TPSA) is 48.1 Å². The number of hydrogen-bond acceptors (Lipinski definition) is 3. The molecule has 3 aromatic rings. The Labute approximate surface area is 131 Å². The van der Waals surface area contributed by atoms with E-state index in [1.807, 2.05) is 54.6 Å². The first kappa shape index (κ1) is 14.0. The second-order valence-corrected chi connectivity index (χ2v) is 5.67. The predicted octanol–water partition coefficient (Wildman–Crippen LogP) is 4.04. The molecule has 106 valence electrons. The van der Waals surface area contributed by atoms with E-state index < -0.39 is 0 Å². The van der Waals surface area contributed by atoms with Crippen LogP contribution in [0.3, 0.4) is 0 Å². The molecule has 0 radical (unpaired) electrons. The van der Waals surface area contributed by atoms with Gasteiger partial charge in [0, 0.05) is 22.5 Å². The Kier molecular flexibility index (Phi) is 4.18. The number of hydrogen-bond donors (Lipinski definition) is 1. The van der Waals surface area contributed by atoms with Gasteiger partial charge in [-0.05, 0) is 29.3 Å². The average Bonchev–Trinajstić information content (AvgIpc) is 2.53. The van der Waals surface area contributed by atoms with Crippen LogP contribution in [0.5, 0.6) is 5.88 Å². The third kappa shape index (κ3) is 3.23. The zero-order valence-corrected chi connectivity index (χ0v) is 13.0. The van der Waals surface area contributed by atoms with Gasteiger partial charge < -0.3 is 10.5 Å². The fourth-order valence-corrected chi connectivity index (χ4v) is 2.47. The minimum atomic E-state index is 0.470. The summed E-state index contributed by atoms with van der Waals surface area (Å²) in [6.45, 7) is 0.959. The molecule has 0 amide bonds. The Morgan fingerprint density at radius 3 is 2.57 bits per heavy atom. The van der Waals surface area contributed by atoms with Crippen LogP contribution in [0.15, 0.2) is 59.1 Å². The Balaban J connectivity index is 1.85. The quantitative estimate of drug-likeness (QED) is 0.778. The molecule has 0 fully saturated rings. The van der Waals surface area contributed by atoms with E-state index in [2.05, 4.69) is 20.9 Å². The molecule has 0 atom stereocenters. The number of nitrogens with zero attached hydrogens (tertiary/aromatic N) is 1. The Bertz CT molecular complexity index is 756. The molecule has 2 aromatic carbocycles. The molecule has 0 unspecified atom stereocenters. The van der Waals surface area contributed by atoms with Crippen LogP contribution in [0.25, 0.3) is 10.9 Å². The summed E-state index contributed by atoms with van der Waals surface area (Å²) in [5, 5.41) is 1.08. The van der Waals surface area contributed by atoms with Crippen LogP contribution in [-0.2, 0) is 13.2 Å². The lowest BCUT2D eigenvalue weighted by Gasteiger charge is -2.09. The number of aromatic nitrogens is 1. The minimum absolute atomic E-state index is 0.470. The van der Waals surface area contributed by atoms with E-state index in [9.17, 15) is 0 Å². The summed E-state index contributed by atoms with van der Waals surface area (Å²) in [6.07, 6.45) is 0. The first-order valence-electron chi connectivity index (χ1n) is 6.72. The van der Waals surface area contributed by atoms with Crippen LogP contribution in [0.1, 0.15) is 11.1 Å². The maximum Gasteiger partial charge on any atom is 0.214 e. The predicted molar refractivity (Wildman–Crippen MR) is 88.1 cm³/mol. The SMILES string of the molecule is NCc1cc(OCc2ccc(Br)cc2)nc2ccccc12. The summed E-state index contributed by atoms with van der Waals surface area (Å²) in [6, 6.07) is 17.9. The Morgan fingerprint density at radius 2 is 1.81 bits per heavy atom. The van der Waals surface area contributed by atoms with E-state index in [0.717, 1.165) is 26.5 Å². The van der Waals surface area contributed by atoms with E-state index in [4.69, 9.17) is 10.5 Å². The number of ether oxygens (including phenoxy) is 1. The molecule has 3 rings (SSSR count). The van der Waals surface area contributed by atoms with Gasteiger partial charge >= 0.3 is 0 Å². The lowest BCUT2D eigenvalue weighted by molar-refractivity contribution is 0.294. The molecule has 21 heavy (non-hydrogen) atoms. The van der Waals surface area contributed by atoms with Gasteiger partial charge in [0.2, 0.25) is 5.88 Å². The monoisotopic (exact) mass is 342 g/mol. The van der Waals surface area contributed by atoms with E-state index in [-0.39, 0.29) is 0 Å². The smallest absolute Gasteiger partial charge is 0.214 e. The Hall–Kier alpha value is -1.91. The number of para-hydroxylation sites is 1. The second-order valence-electron chi connectivity index (χ2n) is 4.76. The van der Waals surface area contributed by atoms with Gasteiger partial charge in [-0.3, -0.25) is 0 Å². The molecule has 1 heterocycles. The van der Waals surface area contributed by atoms with Gasteiger partial charge in [-0.1, -0.05) is 46.3 Å². The first-order chi connectivity index (χ1) is 10.3. The molecule has 0 aliphatic heterocycles. The van der Waals surface area contributed by atoms with Crippen LogP contribution in [0, 0.1) is 0 Å². The van der Waals surface area contributed by atoms with Crippen LogP contribution >= 0.6 is 15.9 Å². The fourth-order valence-electron chi connectivity index (χ4n) is 2.20. The molecule has 2 N–H and O–H groups in total. The lowest BCUT2D eigenvalue weighted by Crippen LogP contribution is -2.02. The zero-order chi connectivity index (χ0) is 14.7. The van der Waals surface area contributed by atoms with Gasteiger partial charge in [0.1, 0.15) is 6.61 Å². The van der Waals surface area contributed by atoms with Gasteiger partial charge in [0.05, 0.1) is 5.52 Å². The van der Waals surface area contributed by atoms with E-state index in [0.29, 0.717) is 19.0 Å². The third-order valence-electron chi connectivity index (χ3n) is 3.30. The van der Waals surface area contributed by atoms with Gasteiger partial charge in [0.25, 0.3) is 0 Å². The second kappa shape index (κ2) is 6.24. The van der Waals surface area contributed by atoms with Gasteiger partial charge in [0.15, 0.2) is 0 Å². The maximum atomic E-state index is 5.82. The average molecular weight is 343 g/mol. The summed E-state index contributed by atoms with van der Waals surface area (Å²) >= 11 is 3.42. The highest BCUT2D eigenvalue weighted by Gasteiger charge is 2.05. The summed E-state index contributed by atoms with van der Waals surface area (Å²) in [5.74, 6) is 0.608. The van der Waals surface area contributed by atoms with Gasteiger partial charge in [-0.15, -0.1) is 0 Å². The molecule has 0 aliphatic carbocycles. The van der Waals surface area contributed by atoms with Crippen molar-refractivity contribution in [1.82, 2.24) is 4.98 Å². The highest BCUT2D eigenvalue weighted by atomic mass is 79.9. The highest BCUT2D eigenvalue weighted by Crippen LogP contribution is 2.22. The van der Waals surface area contributed by atoms with E-state index in [1.54, 1.807) is 0 Å². The standard InChI is InChI=1S/C17H15BrN2O/c18-14-7-5-12(6-8-14)11-21-17-9-13(10-19)15-3-1-2-4-16(15)20-17/h1-9H,10-11,19H2. The number of halogens is 1. The first-order valence-corrected chi connectivity index (χ1v) is 7.51. The van der Waals surface area contributed by atoms with Crippen LogP contribution in [-0.4, -0.2) is 4.98 Å². The van der Waals surface area contributed by atoms with Crippen molar-refractivity contribution in [1.29, 1.82) is 0 Å². The molecule has 1 aromatic heterocycles. The summed E-state index contributed by atoms with van der Waals surface area (Å²) in [7, 11) is 0. The highest BCUT2D eigenvalue weighted by molar-refractivity contribution is 9.10. The molecule has 3 nitrogen and oxygen atoms in total. The van der Waals surface area contributed by atoms with E-state index in [1.165, 1.54) is 0 Å². The molecule has 0 saturated carbocycles. The largest absolute Gasteiger partial charge is 0.473 e. The number of benzene rings is 2. The van der Waals surface area contributed by atoms with Crippen molar-refractivity contribution in [3.8, 4) is 5.88 Å². The third-order valence-corrected chi connectivity index (χ3v) is 3.83. The normalized spacial score (nSPS) is 10.8. The van der Waals surface area contributed by atoms with Crippen molar-refractivity contribution in [3.63, 3.8) is 0 Å². The van der Waals surface area contributed by atoms with Crippen LogP contribution in [0.4, 0.5) is 0 Å². The van der Waals surface area contributed by atoms with Crippen molar-refractivity contribution in [3.05, 3.63) is 70.2 Å². The van der Waals surface area contributed by atoms with E-state index >= 15 is 0 Å². The molecule has 4 heteroatoms. The summed E-state index contributed by atoms with van der Waals surface area (Å²) in [4.78, 5) is 4.53. The van der Waals surface area contributed by atoms with Crippen LogP contribution < -0.4 is 10.5 Å². The van der Waals surface area contributed by atoms with Gasteiger partial charge in [-0.2, -0.15) is 0 Å². The van der Waals surface area contributed by atoms with Crippen LogP contribution in [0.2, 0.25) is 0 Å². The van der Waals surface area contributed by atoms with Crippen molar-refractivity contribution >= 4 is 26.8 Å². The maximum absolute atomic E-state index is 5.82. The molecule has 0 spiro atoms.